The van der Waals surface area contributed by atoms with E-state index in [4.69, 9.17) is 16.0 Å². The van der Waals surface area contributed by atoms with Gasteiger partial charge in [-0.1, -0.05) is 65.7 Å². The molecular formula is C24H18ClNO3. The first-order valence-electron chi connectivity index (χ1n) is 9.15. The van der Waals surface area contributed by atoms with Gasteiger partial charge in [-0.05, 0) is 43.2 Å². The molecule has 0 aliphatic rings. The van der Waals surface area contributed by atoms with Gasteiger partial charge in [0.05, 0.1) is 5.39 Å². The van der Waals surface area contributed by atoms with Gasteiger partial charge in [0, 0.05) is 21.7 Å². The minimum absolute atomic E-state index is 0.0306. The number of hydrogen-bond acceptors (Lipinski definition) is 3. The van der Waals surface area contributed by atoms with Gasteiger partial charge in [0.2, 0.25) is 5.76 Å². The van der Waals surface area contributed by atoms with Crippen LogP contribution in [-0.2, 0) is 0 Å². The molecular weight excluding hydrogens is 386 g/mol. The molecule has 4 aromatic rings. The predicted molar refractivity (Wildman–Crippen MR) is 117 cm³/mol. The highest BCUT2D eigenvalue weighted by molar-refractivity contribution is 6.31. The summed E-state index contributed by atoms with van der Waals surface area (Å²) in [6, 6.07) is 20.1. The minimum atomic E-state index is -0.551. The lowest BCUT2D eigenvalue weighted by Gasteiger charge is -2.13. The lowest BCUT2D eigenvalue weighted by molar-refractivity contribution is 0.0994. The monoisotopic (exact) mass is 403 g/mol. The molecule has 0 saturated carbocycles. The second-order valence-electron chi connectivity index (χ2n) is 6.87. The van der Waals surface area contributed by atoms with Crippen molar-refractivity contribution >= 4 is 34.0 Å². The standard InChI is InChI=1S/C24H18ClNO3/c1-14-10-12-16(13-11-14)21-17-6-3-4-7-18(17)24(28)29-22(21)23(27)26-20-9-5-8-19(25)15(20)2/h3-13H,1-2H3,(H,26,27). The van der Waals surface area contributed by atoms with Gasteiger partial charge in [-0.2, -0.15) is 0 Å². The Morgan fingerprint density at radius 1 is 0.897 bits per heavy atom. The van der Waals surface area contributed by atoms with Crippen molar-refractivity contribution in [2.75, 3.05) is 5.32 Å². The smallest absolute Gasteiger partial charge is 0.344 e. The van der Waals surface area contributed by atoms with Crippen LogP contribution < -0.4 is 10.9 Å². The fourth-order valence-corrected chi connectivity index (χ4v) is 3.46. The summed E-state index contributed by atoms with van der Waals surface area (Å²) >= 11 is 6.16. The zero-order chi connectivity index (χ0) is 20.5. The predicted octanol–water partition coefficient (Wildman–Crippen LogP) is 5.98. The molecule has 1 N–H and O–H groups in total. The molecule has 5 heteroatoms. The summed E-state index contributed by atoms with van der Waals surface area (Å²) in [5.74, 6) is -0.536. The van der Waals surface area contributed by atoms with Crippen LogP contribution in [0.1, 0.15) is 21.7 Å². The molecule has 0 aliphatic carbocycles. The maximum atomic E-state index is 13.1. The Morgan fingerprint density at radius 3 is 2.31 bits per heavy atom. The molecule has 1 amide bonds. The number of halogens is 1. The zero-order valence-corrected chi connectivity index (χ0v) is 16.7. The molecule has 0 aliphatic heterocycles. The van der Waals surface area contributed by atoms with E-state index < -0.39 is 11.5 Å². The third-order valence-electron chi connectivity index (χ3n) is 4.90. The highest BCUT2D eigenvalue weighted by Gasteiger charge is 2.22. The molecule has 29 heavy (non-hydrogen) atoms. The Kier molecular flexibility index (Phi) is 4.95. The number of hydrogen-bond donors (Lipinski definition) is 1. The van der Waals surface area contributed by atoms with E-state index in [0.29, 0.717) is 27.0 Å². The number of carbonyl (C=O) groups excluding carboxylic acids is 1. The molecule has 1 heterocycles. The average molecular weight is 404 g/mol. The molecule has 0 radical (unpaired) electrons. The molecule has 0 atom stereocenters. The van der Waals surface area contributed by atoms with Gasteiger partial charge in [-0.15, -0.1) is 0 Å². The summed E-state index contributed by atoms with van der Waals surface area (Å²) < 4.78 is 5.51. The van der Waals surface area contributed by atoms with Crippen LogP contribution >= 0.6 is 11.6 Å². The molecule has 144 valence electrons. The molecule has 1 aromatic heterocycles. The summed E-state index contributed by atoms with van der Waals surface area (Å²) in [7, 11) is 0. The third kappa shape index (κ3) is 3.55. The Morgan fingerprint density at radius 2 is 1.59 bits per heavy atom. The number of rotatable bonds is 3. The quantitative estimate of drug-likeness (QED) is 0.457. The Bertz CT molecular complexity index is 1290. The maximum Gasteiger partial charge on any atom is 0.344 e. The fraction of sp³-hybridized carbons (Fsp3) is 0.0833. The highest BCUT2D eigenvalue weighted by atomic mass is 35.5. The summed E-state index contributed by atoms with van der Waals surface area (Å²) in [5.41, 5.74) is 3.22. The van der Waals surface area contributed by atoms with E-state index in [-0.39, 0.29) is 5.76 Å². The highest BCUT2D eigenvalue weighted by Crippen LogP contribution is 2.32. The van der Waals surface area contributed by atoms with Crippen molar-refractivity contribution in [3.63, 3.8) is 0 Å². The average Bonchev–Trinajstić information content (AvgIpc) is 2.72. The van der Waals surface area contributed by atoms with Crippen LogP contribution in [0.25, 0.3) is 21.9 Å². The van der Waals surface area contributed by atoms with Crippen LogP contribution in [0.2, 0.25) is 5.02 Å². The Balaban J connectivity index is 1.92. The topological polar surface area (TPSA) is 59.3 Å². The summed E-state index contributed by atoms with van der Waals surface area (Å²) in [5, 5.41) is 4.46. The minimum Gasteiger partial charge on any atom is -0.416 e. The van der Waals surface area contributed by atoms with Crippen molar-refractivity contribution < 1.29 is 9.21 Å². The van der Waals surface area contributed by atoms with E-state index in [2.05, 4.69) is 5.32 Å². The van der Waals surface area contributed by atoms with Gasteiger partial charge < -0.3 is 9.73 Å². The second-order valence-corrected chi connectivity index (χ2v) is 7.28. The molecule has 0 saturated heterocycles. The van der Waals surface area contributed by atoms with Crippen LogP contribution in [0.15, 0.2) is 75.9 Å². The third-order valence-corrected chi connectivity index (χ3v) is 5.31. The summed E-state index contributed by atoms with van der Waals surface area (Å²) in [4.78, 5) is 25.7. The first-order valence-corrected chi connectivity index (χ1v) is 9.53. The number of amides is 1. The summed E-state index contributed by atoms with van der Waals surface area (Å²) in [6.45, 7) is 3.80. The Labute approximate surface area is 172 Å². The first-order chi connectivity index (χ1) is 14.0. The summed E-state index contributed by atoms with van der Waals surface area (Å²) in [6.07, 6.45) is 0. The van der Waals surface area contributed by atoms with E-state index >= 15 is 0 Å². The van der Waals surface area contributed by atoms with Gasteiger partial charge in [0.15, 0.2) is 0 Å². The lowest BCUT2D eigenvalue weighted by atomic mass is 9.97. The molecule has 3 aromatic carbocycles. The van der Waals surface area contributed by atoms with Gasteiger partial charge in [-0.3, -0.25) is 4.79 Å². The van der Waals surface area contributed by atoms with Gasteiger partial charge >= 0.3 is 5.63 Å². The van der Waals surface area contributed by atoms with Crippen LogP contribution in [0.5, 0.6) is 0 Å². The van der Waals surface area contributed by atoms with Crippen molar-refractivity contribution in [1.82, 2.24) is 0 Å². The second kappa shape index (κ2) is 7.57. The number of aryl methyl sites for hydroxylation is 1. The van der Waals surface area contributed by atoms with Gasteiger partial charge in [-0.25, -0.2) is 4.79 Å². The number of carbonyl (C=O) groups is 1. The fourth-order valence-electron chi connectivity index (χ4n) is 3.29. The zero-order valence-electron chi connectivity index (χ0n) is 16.0. The van der Waals surface area contributed by atoms with Crippen molar-refractivity contribution in [2.24, 2.45) is 0 Å². The van der Waals surface area contributed by atoms with Crippen LogP contribution in [0.3, 0.4) is 0 Å². The normalized spacial score (nSPS) is 10.9. The number of benzene rings is 3. The Hall–Kier alpha value is -3.37. The van der Waals surface area contributed by atoms with E-state index in [0.717, 1.165) is 16.7 Å². The SMILES string of the molecule is Cc1ccc(-c2c(C(=O)Nc3cccc(Cl)c3C)oc(=O)c3ccccc23)cc1. The number of fused-ring (bicyclic) bond motifs is 1. The van der Waals surface area contributed by atoms with Crippen LogP contribution in [0.4, 0.5) is 5.69 Å². The maximum absolute atomic E-state index is 13.1. The van der Waals surface area contributed by atoms with Gasteiger partial charge in [0.25, 0.3) is 5.91 Å². The largest absolute Gasteiger partial charge is 0.416 e. The van der Waals surface area contributed by atoms with Crippen LogP contribution in [-0.4, -0.2) is 5.91 Å². The molecule has 0 unspecified atom stereocenters. The first kappa shape index (κ1) is 19.0. The van der Waals surface area contributed by atoms with Crippen LogP contribution in [0, 0.1) is 13.8 Å². The molecule has 0 spiro atoms. The van der Waals surface area contributed by atoms with Crippen molar-refractivity contribution in [3.8, 4) is 11.1 Å². The van der Waals surface area contributed by atoms with E-state index in [1.54, 1.807) is 30.3 Å². The van der Waals surface area contributed by atoms with E-state index in [1.807, 2.05) is 50.2 Å². The van der Waals surface area contributed by atoms with Crippen molar-refractivity contribution in [1.29, 1.82) is 0 Å². The van der Waals surface area contributed by atoms with Gasteiger partial charge in [0.1, 0.15) is 0 Å². The van der Waals surface area contributed by atoms with E-state index in [1.165, 1.54) is 0 Å². The van der Waals surface area contributed by atoms with Crippen molar-refractivity contribution in [2.45, 2.75) is 13.8 Å². The molecule has 0 bridgehead atoms. The molecule has 0 fully saturated rings. The van der Waals surface area contributed by atoms with E-state index in [9.17, 15) is 9.59 Å². The number of nitrogens with one attached hydrogen (secondary N) is 1. The molecule has 4 nitrogen and oxygen atoms in total. The lowest BCUT2D eigenvalue weighted by Crippen LogP contribution is -2.17. The molecule has 4 rings (SSSR count). The number of anilines is 1. The van der Waals surface area contributed by atoms with Crippen molar-refractivity contribution in [3.05, 3.63) is 99.1 Å².